The zero-order chi connectivity index (χ0) is 21.4. The predicted octanol–water partition coefficient (Wildman–Crippen LogP) is 2.92. The molecule has 156 valence electrons. The molecule has 0 bridgehead atoms. The van der Waals surface area contributed by atoms with E-state index < -0.39 is 33.4 Å². The molecular formula is C17H16F3N3O4S2. The molecule has 0 saturated carbocycles. The molecule has 0 aliphatic carbocycles. The number of aromatic nitrogens is 3. The Bertz CT molecular complexity index is 1190. The second kappa shape index (κ2) is 7.75. The molecule has 1 unspecified atom stereocenters. The third kappa shape index (κ3) is 5.12. The average molecular weight is 447 g/mol. The van der Waals surface area contributed by atoms with Crippen LogP contribution in [0.5, 0.6) is 5.75 Å². The van der Waals surface area contributed by atoms with Crippen molar-refractivity contribution < 1.29 is 30.5 Å². The molecule has 1 N–H and O–H groups in total. The lowest BCUT2D eigenvalue weighted by Crippen LogP contribution is -2.19. The number of fused-ring (bicyclic) bond motifs is 1. The summed E-state index contributed by atoms with van der Waals surface area (Å²) in [7, 11) is -5.10. The van der Waals surface area contributed by atoms with E-state index in [0.717, 1.165) is 6.26 Å². The molecule has 7 nitrogen and oxygen atoms in total. The number of nitrogens with one attached hydrogen (secondary N) is 1. The van der Waals surface area contributed by atoms with Gasteiger partial charge in [-0.1, -0.05) is 0 Å². The van der Waals surface area contributed by atoms with Crippen molar-refractivity contribution in [2.75, 3.05) is 12.9 Å². The number of sulfone groups is 1. The second-order valence-electron chi connectivity index (χ2n) is 6.27. The topological polar surface area (TPSA) is 102 Å². The SMILES string of the molecule is Cc1c(OCC(F)(F)F)ccnc1CS(=O)c1nc2ccc(S(C)(=O)=O)cc2[nH]1. The summed E-state index contributed by atoms with van der Waals surface area (Å²) >= 11 is 0. The zero-order valence-electron chi connectivity index (χ0n) is 15.3. The van der Waals surface area contributed by atoms with Crippen molar-refractivity contribution in [3.8, 4) is 5.75 Å². The number of hydrogen-bond acceptors (Lipinski definition) is 6. The Balaban J connectivity index is 1.83. The molecule has 1 aromatic carbocycles. The number of halogens is 3. The van der Waals surface area contributed by atoms with Crippen molar-refractivity contribution in [1.82, 2.24) is 15.0 Å². The number of benzene rings is 1. The molecule has 2 aromatic heterocycles. The molecule has 2 heterocycles. The summed E-state index contributed by atoms with van der Waals surface area (Å²) in [4.78, 5) is 11.2. The van der Waals surface area contributed by atoms with E-state index in [9.17, 15) is 25.8 Å². The molecule has 3 aromatic rings. The van der Waals surface area contributed by atoms with Crippen LogP contribution < -0.4 is 4.74 Å². The van der Waals surface area contributed by atoms with Crippen molar-refractivity contribution in [2.24, 2.45) is 0 Å². The number of ether oxygens (including phenoxy) is 1. The van der Waals surface area contributed by atoms with Gasteiger partial charge in [0.05, 0.1) is 38.2 Å². The predicted molar refractivity (Wildman–Crippen MR) is 99.8 cm³/mol. The molecule has 1 atom stereocenters. The summed E-state index contributed by atoms with van der Waals surface area (Å²) in [5, 5.41) is 0.105. The van der Waals surface area contributed by atoms with E-state index in [-0.39, 0.29) is 21.6 Å². The molecule has 29 heavy (non-hydrogen) atoms. The van der Waals surface area contributed by atoms with Crippen LogP contribution in [-0.4, -0.2) is 46.6 Å². The van der Waals surface area contributed by atoms with Gasteiger partial charge in [0.25, 0.3) is 0 Å². The monoisotopic (exact) mass is 447 g/mol. The molecule has 0 fully saturated rings. The van der Waals surface area contributed by atoms with Crippen LogP contribution in [0.2, 0.25) is 0 Å². The first-order chi connectivity index (χ1) is 13.4. The quantitative estimate of drug-likeness (QED) is 0.624. The Hall–Kier alpha value is -2.47. The minimum atomic E-state index is -4.47. The van der Waals surface area contributed by atoms with Gasteiger partial charge in [0, 0.05) is 18.0 Å². The molecule has 3 rings (SSSR count). The van der Waals surface area contributed by atoms with Gasteiger partial charge in [0.15, 0.2) is 21.6 Å². The number of nitrogens with zero attached hydrogens (tertiary/aromatic N) is 2. The number of alkyl halides is 3. The summed E-state index contributed by atoms with van der Waals surface area (Å²) in [5.74, 6) is -0.0971. The minimum absolute atomic E-state index is 0.00623. The van der Waals surface area contributed by atoms with Crippen LogP contribution in [0, 0.1) is 6.92 Å². The summed E-state index contributed by atoms with van der Waals surface area (Å²) in [5.41, 5.74) is 1.50. The highest BCUT2D eigenvalue weighted by Crippen LogP contribution is 2.25. The molecule has 0 radical (unpaired) electrons. The van der Waals surface area contributed by atoms with Gasteiger partial charge in [0.2, 0.25) is 0 Å². The summed E-state index contributed by atoms with van der Waals surface area (Å²) < 4.78 is 77.9. The van der Waals surface area contributed by atoms with Crippen molar-refractivity contribution in [2.45, 2.75) is 28.9 Å². The standard InChI is InChI=1S/C17H16F3N3O4S2/c1-10-14(21-6-5-15(10)27-9-17(18,19)20)8-28(24)16-22-12-4-3-11(29(2,25)26)7-13(12)23-16/h3-7H,8-9H2,1-2H3,(H,22,23). The van der Waals surface area contributed by atoms with E-state index in [1.807, 2.05) is 0 Å². The Kier molecular flexibility index (Phi) is 5.68. The fourth-order valence-corrected chi connectivity index (χ4v) is 4.26. The Labute approximate surface area is 166 Å². The Morgan fingerprint density at radius 1 is 1.24 bits per heavy atom. The molecule has 0 aliphatic rings. The first-order valence-corrected chi connectivity index (χ1v) is 11.4. The van der Waals surface area contributed by atoms with Gasteiger partial charge >= 0.3 is 6.18 Å². The van der Waals surface area contributed by atoms with Crippen LogP contribution in [-0.2, 0) is 26.4 Å². The van der Waals surface area contributed by atoms with Gasteiger partial charge in [-0.3, -0.25) is 9.19 Å². The summed E-state index contributed by atoms with van der Waals surface area (Å²) in [6.45, 7) is 0.0922. The smallest absolute Gasteiger partial charge is 0.422 e. The van der Waals surface area contributed by atoms with E-state index in [4.69, 9.17) is 4.74 Å². The van der Waals surface area contributed by atoms with E-state index in [0.29, 0.717) is 22.3 Å². The van der Waals surface area contributed by atoms with E-state index >= 15 is 0 Å². The van der Waals surface area contributed by atoms with Gasteiger partial charge in [-0.15, -0.1) is 0 Å². The molecule has 0 amide bonds. The van der Waals surface area contributed by atoms with Crippen LogP contribution in [0.4, 0.5) is 13.2 Å². The number of rotatable bonds is 6. The highest BCUT2D eigenvalue weighted by Gasteiger charge is 2.29. The maximum absolute atomic E-state index is 12.7. The lowest BCUT2D eigenvalue weighted by Gasteiger charge is -2.13. The Morgan fingerprint density at radius 3 is 2.62 bits per heavy atom. The van der Waals surface area contributed by atoms with Crippen LogP contribution in [0.1, 0.15) is 11.3 Å². The van der Waals surface area contributed by atoms with Crippen LogP contribution in [0.3, 0.4) is 0 Å². The van der Waals surface area contributed by atoms with Crippen molar-refractivity contribution >= 4 is 31.7 Å². The fraction of sp³-hybridized carbons (Fsp3) is 0.294. The van der Waals surface area contributed by atoms with Crippen molar-refractivity contribution in [1.29, 1.82) is 0 Å². The van der Waals surface area contributed by atoms with Crippen LogP contribution >= 0.6 is 0 Å². The lowest BCUT2D eigenvalue weighted by atomic mass is 10.2. The zero-order valence-corrected chi connectivity index (χ0v) is 16.9. The van der Waals surface area contributed by atoms with Gasteiger partial charge in [-0.25, -0.2) is 13.4 Å². The number of pyridine rings is 1. The van der Waals surface area contributed by atoms with Crippen LogP contribution in [0.15, 0.2) is 40.5 Å². The first-order valence-electron chi connectivity index (χ1n) is 8.16. The largest absolute Gasteiger partial charge is 0.484 e. The number of hydrogen-bond donors (Lipinski definition) is 1. The van der Waals surface area contributed by atoms with E-state index in [2.05, 4.69) is 15.0 Å². The minimum Gasteiger partial charge on any atom is -0.484 e. The second-order valence-corrected chi connectivity index (χ2v) is 9.65. The molecule has 0 saturated heterocycles. The van der Waals surface area contributed by atoms with Crippen LogP contribution in [0.25, 0.3) is 11.0 Å². The lowest BCUT2D eigenvalue weighted by molar-refractivity contribution is -0.153. The average Bonchev–Trinajstić information content (AvgIpc) is 3.04. The maximum Gasteiger partial charge on any atom is 0.422 e. The molecule has 12 heteroatoms. The van der Waals surface area contributed by atoms with Gasteiger partial charge < -0.3 is 9.72 Å². The number of H-pyrrole nitrogens is 1. The molecule has 0 spiro atoms. The normalized spacial score (nSPS) is 13.6. The summed E-state index contributed by atoms with van der Waals surface area (Å²) in [6, 6.07) is 5.60. The van der Waals surface area contributed by atoms with E-state index in [1.165, 1.54) is 37.4 Å². The molecule has 0 aliphatic heterocycles. The highest BCUT2D eigenvalue weighted by atomic mass is 32.2. The first kappa shape index (κ1) is 21.2. The fourth-order valence-electron chi connectivity index (χ4n) is 2.52. The van der Waals surface area contributed by atoms with Gasteiger partial charge in [-0.05, 0) is 31.2 Å². The molecular weight excluding hydrogens is 431 g/mol. The van der Waals surface area contributed by atoms with Crippen molar-refractivity contribution in [3.05, 3.63) is 41.7 Å². The summed E-state index contributed by atoms with van der Waals surface area (Å²) in [6.07, 6.45) is -2.12. The highest BCUT2D eigenvalue weighted by molar-refractivity contribution is 7.90. The van der Waals surface area contributed by atoms with Crippen molar-refractivity contribution in [3.63, 3.8) is 0 Å². The van der Waals surface area contributed by atoms with Gasteiger partial charge in [0.1, 0.15) is 5.75 Å². The van der Waals surface area contributed by atoms with Gasteiger partial charge in [-0.2, -0.15) is 13.2 Å². The number of imidazole rings is 1. The Morgan fingerprint density at radius 2 is 1.97 bits per heavy atom. The third-order valence-electron chi connectivity index (χ3n) is 3.99. The third-order valence-corrected chi connectivity index (χ3v) is 6.26. The van der Waals surface area contributed by atoms with E-state index in [1.54, 1.807) is 0 Å². The maximum atomic E-state index is 12.7. The number of aromatic amines is 1.